The van der Waals surface area contributed by atoms with Gasteiger partial charge in [-0.1, -0.05) is 38.1 Å². The number of benzene rings is 1. The molecule has 0 aliphatic rings. The molecule has 0 aromatic heterocycles. The number of carbonyl (C=O) groups excluding carboxylic acids is 1. The number of ether oxygens (including phenoxy) is 1. The Hall–Kier alpha value is -1.31. The molecule has 1 rings (SSSR count). The highest BCUT2D eigenvalue weighted by Crippen LogP contribution is 2.22. The van der Waals surface area contributed by atoms with E-state index in [1.54, 1.807) is 0 Å². The monoisotopic (exact) mass is 220 g/mol. The van der Waals surface area contributed by atoms with E-state index in [1.165, 1.54) is 5.56 Å². The Bertz CT molecular complexity index is 344. The first-order valence-corrected chi connectivity index (χ1v) is 5.98. The van der Waals surface area contributed by atoms with Crippen molar-refractivity contribution < 1.29 is 9.53 Å². The summed E-state index contributed by atoms with van der Waals surface area (Å²) >= 11 is 0. The van der Waals surface area contributed by atoms with Gasteiger partial charge in [0.2, 0.25) is 0 Å². The predicted molar refractivity (Wildman–Crippen MR) is 65.5 cm³/mol. The fourth-order valence-corrected chi connectivity index (χ4v) is 1.81. The van der Waals surface area contributed by atoms with Crippen LogP contribution < -0.4 is 0 Å². The summed E-state index contributed by atoms with van der Waals surface area (Å²) < 4.78 is 5.08. The lowest BCUT2D eigenvalue weighted by molar-refractivity contribution is -0.145. The smallest absolute Gasteiger partial charge is 0.313 e. The van der Waals surface area contributed by atoms with Crippen molar-refractivity contribution in [1.82, 2.24) is 0 Å². The minimum Gasteiger partial charge on any atom is -0.466 e. The zero-order chi connectivity index (χ0) is 12.0. The normalized spacial score (nSPS) is 12.2. The fraction of sp³-hybridized carbons (Fsp3) is 0.500. The van der Waals surface area contributed by atoms with Crippen molar-refractivity contribution in [2.45, 2.75) is 39.5 Å². The Balaban J connectivity index is 2.89. The zero-order valence-corrected chi connectivity index (χ0v) is 10.3. The topological polar surface area (TPSA) is 26.3 Å². The van der Waals surface area contributed by atoms with Gasteiger partial charge in [0, 0.05) is 0 Å². The first kappa shape index (κ1) is 12.8. The highest BCUT2D eigenvalue weighted by Gasteiger charge is 2.19. The maximum atomic E-state index is 11.8. The molecule has 2 nitrogen and oxygen atoms in total. The van der Waals surface area contributed by atoms with Crippen molar-refractivity contribution in [3.63, 3.8) is 0 Å². The van der Waals surface area contributed by atoms with Crippen LogP contribution in [-0.2, 0) is 16.0 Å². The second kappa shape index (κ2) is 6.31. The van der Waals surface area contributed by atoms with Crippen LogP contribution in [0.4, 0.5) is 0 Å². The third kappa shape index (κ3) is 3.09. The maximum Gasteiger partial charge on any atom is 0.313 e. The number of hydrogen-bond acceptors (Lipinski definition) is 2. The minimum absolute atomic E-state index is 0.113. The molecule has 0 aliphatic heterocycles. The van der Waals surface area contributed by atoms with E-state index in [1.807, 2.05) is 26.0 Å². The molecule has 88 valence electrons. The van der Waals surface area contributed by atoms with Gasteiger partial charge in [0.1, 0.15) is 0 Å². The Morgan fingerprint density at radius 1 is 1.31 bits per heavy atom. The van der Waals surface area contributed by atoms with Gasteiger partial charge in [-0.15, -0.1) is 0 Å². The van der Waals surface area contributed by atoms with Crippen LogP contribution in [-0.4, -0.2) is 12.6 Å². The summed E-state index contributed by atoms with van der Waals surface area (Å²) in [6, 6.07) is 8.20. The Morgan fingerprint density at radius 2 is 2.06 bits per heavy atom. The molecule has 0 spiro atoms. The summed E-state index contributed by atoms with van der Waals surface area (Å²) in [7, 11) is 0. The third-order valence-electron chi connectivity index (χ3n) is 2.74. The van der Waals surface area contributed by atoms with Gasteiger partial charge in [-0.05, 0) is 30.9 Å². The summed E-state index contributed by atoms with van der Waals surface area (Å²) in [4.78, 5) is 11.8. The van der Waals surface area contributed by atoms with Gasteiger partial charge >= 0.3 is 5.97 Å². The van der Waals surface area contributed by atoms with Gasteiger partial charge in [0.15, 0.2) is 0 Å². The van der Waals surface area contributed by atoms with E-state index >= 15 is 0 Å². The molecule has 1 aromatic carbocycles. The fourth-order valence-electron chi connectivity index (χ4n) is 1.81. The molecule has 1 aromatic rings. The molecular formula is C14H20O2. The van der Waals surface area contributed by atoms with Gasteiger partial charge in [-0.3, -0.25) is 4.79 Å². The van der Waals surface area contributed by atoms with Crippen molar-refractivity contribution in [2.75, 3.05) is 6.61 Å². The molecule has 0 N–H and O–H groups in total. The molecule has 0 fully saturated rings. The molecule has 1 unspecified atom stereocenters. The van der Waals surface area contributed by atoms with Gasteiger partial charge in [-0.25, -0.2) is 0 Å². The second-order valence-electron chi connectivity index (χ2n) is 3.81. The highest BCUT2D eigenvalue weighted by molar-refractivity contribution is 5.78. The van der Waals surface area contributed by atoms with Crippen molar-refractivity contribution in [1.29, 1.82) is 0 Å². The van der Waals surface area contributed by atoms with Crippen LogP contribution in [0.25, 0.3) is 0 Å². The molecule has 0 bridgehead atoms. The lowest BCUT2D eigenvalue weighted by Gasteiger charge is -2.14. The molecule has 2 heteroatoms. The van der Waals surface area contributed by atoms with E-state index in [0.29, 0.717) is 6.61 Å². The van der Waals surface area contributed by atoms with E-state index in [2.05, 4.69) is 19.1 Å². The SMILES string of the molecule is CCOC(=O)C(CC)c1cccc(CC)c1. The number of aryl methyl sites for hydroxylation is 1. The van der Waals surface area contributed by atoms with Gasteiger partial charge in [0.25, 0.3) is 0 Å². The lowest BCUT2D eigenvalue weighted by atomic mass is 9.94. The Morgan fingerprint density at radius 3 is 2.62 bits per heavy atom. The molecule has 0 heterocycles. The van der Waals surface area contributed by atoms with E-state index in [9.17, 15) is 4.79 Å². The van der Waals surface area contributed by atoms with Crippen molar-refractivity contribution in [3.8, 4) is 0 Å². The highest BCUT2D eigenvalue weighted by atomic mass is 16.5. The molecule has 0 radical (unpaired) electrons. The first-order valence-electron chi connectivity index (χ1n) is 5.98. The maximum absolute atomic E-state index is 11.8. The molecule has 1 atom stereocenters. The molecule has 0 saturated carbocycles. The number of rotatable bonds is 5. The summed E-state index contributed by atoms with van der Waals surface area (Å²) in [6.07, 6.45) is 1.78. The van der Waals surface area contributed by atoms with Gasteiger partial charge < -0.3 is 4.74 Å². The van der Waals surface area contributed by atoms with Crippen LogP contribution >= 0.6 is 0 Å². The van der Waals surface area contributed by atoms with Crippen molar-refractivity contribution >= 4 is 5.97 Å². The summed E-state index contributed by atoms with van der Waals surface area (Å²) in [5.41, 5.74) is 2.33. The van der Waals surface area contributed by atoms with Crippen LogP contribution in [0.15, 0.2) is 24.3 Å². The van der Waals surface area contributed by atoms with Crippen LogP contribution in [0.2, 0.25) is 0 Å². The second-order valence-corrected chi connectivity index (χ2v) is 3.81. The third-order valence-corrected chi connectivity index (χ3v) is 2.74. The average molecular weight is 220 g/mol. The van der Waals surface area contributed by atoms with E-state index in [0.717, 1.165) is 18.4 Å². The van der Waals surface area contributed by atoms with Crippen molar-refractivity contribution in [2.24, 2.45) is 0 Å². The minimum atomic E-state index is -0.119. The van der Waals surface area contributed by atoms with E-state index in [4.69, 9.17) is 4.74 Å². The van der Waals surface area contributed by atoms with Gasteiger partial charge in [-0.2, -0.15) is 0 Å². The standard InChI is InChI=1S/C14H20O2/c1-4-11-8-7-9-12(10-11)13(5-2)14(15)16-6-3/h7-10,13H,4-6H2,1-3H3. The molecule has 0 saturated heterocycles. The zero-order valence-electron chi connectivity index (χ0n) is 10.3. The van der Waals surface area contributed by atoms with E-state index < -0.39 is 0 Å². The number of esters is 1. The summed E-state index contributed by atoms with van der Waals surface area (Å²) in [5, 5.41) is 0. The summed E-state index contributed by atoms with van der Waals surface area (Å²) in [5.74, 6) is -0.232. The predicted octanol–water partition coefficient (Wildman–Crippen LogP) is 3.31. The van der Waals surface area contributed by atoms with Gasteiger partial charge in [0.05, 0.1) is 12.5 Å². The molecular weight excluding hydrogens is 200 g/mol. The number of hydrogen-bond donors (Lipinski definition) is 0. The largest absolute Gasteiger partial charge is 0.466 e. The van der Waals surface area contributed by atoms with E-state index in [-0.39, 0.29) is 11.9 Å². The lowest BCUT2D eigenvalue weighted by Crippen LogP contribution is -2.15. The molecule has 0 aliphatic carbocycles. The molecule has 0 amide bonds. The van der Waals surface area contributed by atoms with Crippen LogP contribution in [0.1, 0.15) is 44.2 Å². The van der Waals surface area contributed by atoms with Crippen LogP contribution in [0.3, 0.4) is 0 Å². The first-order chi connectivity index (χ1) is 7.72. The number of carbonyl (C=O) groups is 1. The van der Waals surface area contributed by atoms with Crippen LogP contribution in [0, 0.1) is 0 Å². The Labute approximate surface area is 97.6 Å². The average Bonchev–Trinajstić information content (AvgIpc) is 2.31. The Kier molecular flexibility index (Phi) is 5.03. The quantitative estimate of drug-likeness (QED) is 0.712. The molecule has 16 heavy (non-hydrogen) atoms. The summed E-state index contributed by atoms with van der Waals surface area (Å²) in [6.45, 7) is 6.42. The van der Waals surface area contributed by atoms with Crippen molar-refractivity contribution in [3.05, 3.63) is 35.4 Å². The van der Waals surface area contributed by atoms with Crippen LogP contribution in [0.5, 0.6) is 0 Å².